The summed E-state index contributed by atoms with van der Waals surface area (Å²) >= 11 is 0. The van der Waals surface area contributed by atoms with Crippen molar-refractivity contribution in [2.24, 2.45) is 23.7 Å². The normalized spacial score (nSPS) is 29.7. The highest BCUT2D eigenvalue weighted by Crippen LogP contribution is 2.39. The van der Waals surface area contributed by atoms with Gasteiger partial charge in [-0.05, 0) is 49.5 Å². The van der Waals surface area contributed by atoms with Crippen molar-refractivity contribution in [3.63, 3.8) is 0 Å². The molecule has 114 valence electrons. The van der Waals surface area contributed by atoms with Crippen molar-refractivity contribution < 1.29 is 0 Å². The largest absolute Gasteiger partial charge is 0.314 e. The van der Waals surface area contributed by atoms with Gasteiger partial charge in [0.25, 0.3) is 0 Å². The van der Waals surface area contributed by atoms with Crippen LogP contribution in [0.2, 0.25) is 0 Å². The maximum atomic E-state index is 3.68. The van der Waals surface area contributed by atoms with Crippen LogP contribution < -0.4 is 5.32 Å². The molecule has 0 bridgehead atoms. The lowest BCUT2D eigenvalue weighted by Crippen LogP contribution is -2.36. The summed E-state index contributed by atoms with van der Waals surface area (Å²) < 4.78 is 0. The van der Waals surface area contributed by atoms with Crippen molar-refractivity contribution in [2.45, 2.75) is 85.6 Å². The third-order valence-electron chi connectivity index (χ3n) is 5.14. The van der Waals surface area contributed by atoms with Gasteiger partial charge in [-0.2, -0.15) is 0 Å². The lowest BCUT2D eigenvalue weighted by Gasteiger charge is -2.38. The van der Waals surface area contributed by atoms with Crippen LogP contribution in [0.5, 0.6) is 0 Å². The van der Waals surface area contributed by atoms with E-state index in [1.807, 2.05) is 0 Å². The Bertz CT molecular complexity index is 224. The molecule has 0 spiro atoms. The fourth-order valence-corrected chi connectivity index (χ4v) is 3.72. The molecule has 0 aromatic rings. The molecule has 4 unspecified atom stereocenters. The second kappa shape index (κ2) is 9.00. The van der Waals surface area contributed by atoms with Crippen LogP contribution in [0.15, 0.2) is 0 Å². The average Bonchev–Trinajstić information content (AvgIpc) is 2.38. The summed E-state index contributed by atoms with van der Waals surface area (Å²) in [4.78, 5) is 0. The minimum atomic E-state index is 0.637. The Morgan fingerprint density at radius 2 is 1.79 bits per heavy atom. The van der Waals surface area contributed by atoms with Gasteiger partial charge in [0.15, 0.2) is 0 Å². The van der Waals surface area contributed by atoms with Crippen LogP contribution in [0.4, 0.5) is 0 Å². The van der Waals surface area contributed by atoms with Gasteiger partial charge < -0.3 is 5.32 Å². The molecule has 0 aliphatic heterocycles. The van der Waals surface area contributed by atoms with Gasteiger partial charge in [0.1, 0.15) is 0 Å². The summed E-state index contributed by atoms with van der Waals surface area (Å²) in [6.45, 7) is 12.9. The van der Waals surface area contributed by atoms with E-state index in [9.17, 15) is 0 Å². The molecule has 0 saturated heterocycles. The third kappa shape index (κ3) is 6.29. The van der Waals surface area contributed by atoms with Gasteiger partial charge in [-0.15, -0.1) is 0 Å². The first-order chi connectivity index (χ1) is 9.06. The zero-order chi connectivity index (χ0) is 14.3. The highest BCUT2D eigenvalue weighted by Gasteiger charge is 2.30. The van der Waals surface area contributed by atoms with E-state index in [0.717, 1.165) is 23.7 Å². The Hall–Kier alpha value is -0.0400. The Labute approximate surface area is 121 Å². The molecule has 1 saturated carbocycles. The van der Waals surface area contributed by atoms with E-state index in [2.05, 4.69) is 39.9 Å². The van der Waals surface area contributed by atoms with Crippen LogP contribution in [-0.4, -0.2) is 12.6 Å². The number of rotatable bonds is 8. The molecule has 1 nitrogen and oxygen atoms in total. The summed E-state index contributed by atoms with van der Waals surface area (Å²) in [6, 6.07) is 0.637. The van der Waals surface area contributed by atoms with Crippen LogP contribution in [0.25, 0.3) is 0 Å². The molecule has 0 aromatic carbocycles. The van der Waals surface area contributed by atoms with Gasteiger partial charge in [-0.1, -0.05) is 60.3 Å². The van der Waals surface area contributed by atoms with Crippen molar-refractivity contribution in [1.82, 2.24) is 5.32 Å². The lowest BCUT2D eigenvalue weighted by molar-refractivity contribution is 0.142. The van der Waals surface area contributed by atoms with Crippen LogP contribution in [-0.2, 0) is 0 Å². The molecule has 1 rings (SSSR count). The molecular formula is C18H37N. The first kappa shape index (κ1) is 17.0. The standard InChI is InChI=1S/C18H37N/c1-6-8-16-9-10-17(13-19-14(3)4)18(12-16)11-15(5)7-2/h14-19H,6-13H2,1-5H3. The van der Waals surface area contributed by atoms with E-state index in [1.165, 1.54) is 51.5 Å². The summed E-state index contributed by atoms with van der Waals surface area (Å²) in [6.07, 6.45) is 10.1. The predicted molar refractivity (Wildman–Crippen MR) is 86.4 cm³/mol. The molecule has 1 aliphatic rings. The monoisotopic (exact) mass is 267 g/mol. The molecule has 1 heteroatoms. The predicted octanol–water partition coefficient (Wildman–Crippen LogP) is 5.25. The smallest absolute Gasteiger partial charge is 0.00104 e. The van der Waals surface area contributed by atoms with Crippen molar-refractivity contribution in [3.8, 4) is 0 Å². The molecule has 4 atom stereocenters. The van der Waals surface area contributed by atoms with E-state index in [4.69, 9.17) is 0 Å². The molecule has 0 heterocycles. The minimum Gasteiger partial charge on any atom is -0.314 e. The highest BCUT2D eigenvalue weighted by atomic mass is 14.9. The minimum absolute atomic E-state index is 0.637. The zero-order valence-corrected chi connectivity index (χ0v) is 14.0. The Morgan fingerprint density at radius 3 is 2.37 bits per heavy atom. The van der Waals surface area contributed by atoms with Gasteiger partial charge in [-0.3, -0.25) is 0 Å². The highest BCUT2D eigenvalue weighted by molar-refractivity contribution is 4.82. The maximum Gasteiger partial charge on any atom is 0.00104 e. The Balaban J connectivity index is 2.51. The summed E-state index contributed by atoms with van der Waals surface area (Å²) in [5, 5.41) is 3.68. The quantitative estimate of drug-likeness (QED) is 0.633. The molecule has 0 amide bonds. The zero-order valence-electron chi connectivity index (χ0n) is 14.0. The van der Waals surface area contributed by atoms with E-state index in [0.29, 0.717) is 6.04 Å². The molecule has 1 N–H and O–H groups in total. The van der Waals surface area contributed by atoms with E-state index in [-0.39, 0.29) is 0 Å². The second-order valence-corrected chi connectivity index (χ2v) is 7.30. The van der Waals surface area contributed by atoms with E-state index >= 15 is 0 Å². The second-order valence-electron chi connectivity index (χ2n) is 7.30. The summed E-state index contributed by atoms with van der Waals surface area (Å²) in [7, 11) is 0. The Morgan fingerprint density at radius 1 is 1.05 bits per heavy atom. The molecular weight excluding hydrogens is 230 g/mol. The number of nitrogens with one attached hydrogen (secondary N) is 1. The van der Waals surface area contributed by atoms with Gasteiger partial charge in [0.2, 0.25) is 0 Å². The first-order valence-electron chi connectivity index (χ1n) is 8.80. The molecule has 1 fully saturated rings. The molecule has 19 heavy (non-hydrogen) atoms. The van der Waals surface area contributed by atoms with Crippen molar-refractivity contribution in [3.05, 3.63) is 0 Å². The Kier molecular flexibility index (Phi) is 8.06. The van der Waals surface area contributed by atoms with Crippen LogP contribution >= 0.6 is 0 Å². The van der Waals surface area contributed by atoms with E-state index in [1.54, 1.807) is 0 Å². The topological polar surface area (TPSA) is 12.0 Å². The molecule has 0 radical (unpaired) electrons. The fraction of sp³-hybridized carbons (Fsp3) is 1.00. The van der Waals surface area contributed by atoms with Crippen molar-refractivity contribution in [1.29, 1.82) is 0 Å². The maximum absolute atomic E-state index is 3.68. The van der Waals surface area contributed by atoms with Gasteiger partial charge in [-0.25, -0.2) is 0 Å². The number of hydrogen-bond acceptors (Lipinski definition) is 1. The van der Waals surface area contributed by atoms with Crippen molar-refractivity contribution in [2.75, 3.05) is 6.54 Å². The molecule has 1 aliphatic carbocycles. The number of hydrogen-bond donors (Lipinski definition) is 1. The van der Waals surface area contributed by atoms with Gasteiger partial charge in [0.05, 0.1) is 0 Å². The first-order valence-corrected chi connectivity index (χ1v) is 8.80. The third-order valence-corrected chi connectivity index (χ3v) is 5.14. The van der Waals surface area contributed by atoms with Crippen LogP contribution in [0.3, 0.4) is 0 Å². The lowest BCUT2D eigenvalue weighted by atomic mass is 9.69. The van der Waals surface area contributed by atoms with Crippen molar-refractivity contribution >= 4 is 0 Å². The van der Waals surface area contributed by atoms with Crippen LogP contribution in [0.1, 0.15) is 79.6 Å². The fourth-order valence-electron chi connectivity index (χ4n) is 3.72. The summed E-state index contributed by atoms with van der Waals surface area (Å²) in [5.74, 6) is 3.84. The average molecular weight is 268 g/mol. The van der Waals surface area contributed by atoms with Crippen LogP contribution in [0, 0.1) is 23.7 Å². The van der Waals surface area contributed by atoms with E-state index < -0.39 is 0 Å². The molecule has 0 aromatic heterocycles. The van der Waals surface area contributed by atoms with Gasteiger partial charge >= 0.3 is 0 Å². The summed E-state index contributed by atoms with van der Waals surface area (Å²) in [5.41, 5.74) is 0. The van der Waals surface area contributed by atoms with Gasteiger partial charge in [0, 0.05) is 6.04 Å². The SMILES string of the molecule is CCCC1CCC(CNC(C)C)C(CC(C)CC)C1.